The first-order valence-corrected chi connectivity index (χ1v) is 3.38. The Balaban J connectivity index is 0. The van der Waals surface area contributed by atoms with Crippen LogP contribution < -0.4 is 0 Å². The Bertz CT molecular complexity index is 82.3. The number of hydrogen-bond acceptors (Lipinski definition) is 3. The van der Waals surface area contributed by atoms with E-state index < -0.39 is 6.16 Å². The summed E-state index contributed by atoms with van der Waals surface area (Å²) in [6.07, 6.45) is 0.734. The summed E-state index contributed by atoms with van der Waals surface area (Å²) in [6, 6.07) is 0. The van der Waals surface area contributed by atoms with Crippen LogP contribution in [0.15, 0.2) is 12.0 Å². The van der Waals surface area contributed by atoms with Gasteiger partial charge in [-0.05, 0) is 11.7 Å². The summed E-state index contributed by atoms with van der Waals surface area (Å²) >= 11 is 1.62. The van der Waals surface area contributed by atoms with Gasteiger partial charge >= 0.3 is 6.16 Å². The lowest BCUT2D eigenvalue weighted by molar-refractivity contribution is 0.114. The zero-order chi connectivity index (χ0) is 7.70. The molecule has 0 atom stereocenters. The molecule has 0 aromatic rings. The second-order valence-corrected chi connectivity index (χ2v) is 1.68. The molecule has 0 aromatic carbocycles. The predicted molar refractivity (Wildman–Crippen MR) is 38.7 cm³/mol. The third kappa shape index (κ3) is 38.0. The summed E-state index contributed by atoms with van der Waals surface area (Å²) in [5.41, 5.74) is 0. The number of thioether (sulfide) groups is 1. The summed E-state index contributed by atoms with van der Waals surface area (Å²) in [5, 5.41) is 9.29. The van der Waals surface area contributed by atoms with Crippen molar-refractivity contribution in [1.82, 2.24) is 0 Å². The van der Waals surface area contributed by atoms with Crippen molar-refractivity contribution < 1.29 is 14.6 Å². The maximum absolute atomic E-state index is 9.15. The van der Waals surface area contributed by atoms with Gasteiger partial charge in [-0.3, -0.25) is 0 Å². The molecule has 0 fully saturated rings. The Kier molecular flexibility index (Phi) is 12.9. The molecule has 1 N–H and O–H groups in total. The lowest BCUT2D eigenvalue weighted by atomic mass is 11.3. The highest BCUT2D eigenvalue weighted by Crippen LogP contribution is 1.85. The molecular formula is C5H10O3S. The number of hydrogen-bond donors (Lipinski definition) is 1. The Morgan fingerprint density at radius 3 is 2.11 bits per heavy atom. The van der Waals surface area contributed by atoms with E-state index in [1.54, 1.807) is 17.2 Å². The quantitative estimate of drug-likeness (QED) is 0.579. The predicted octanol–water partition coefficient (Wildman–Crippen LogP) is 1.80. The molecule has 0 aliphatic heterocycles. The van der Waals surface area contributed by atoms with Crippen molar-refractivity contribution in [3.05, 3.63) is 12.0 Å². The van der Waals surface area contributed by atoms with Gasteiger partial charge in [-0.15, -0.1) is 11.8 Å². The fourth-order valence-corrected chi connectivity index (χ4v) is 0. The Morgan fingerprint density at radius 1 is 1.89 bits per heavy atom. The van der Waals surface area contributed by atoms with E-state index in [-0.39, 0.29) is 0 Å². The van der Waals surface area contributed by atoms with Gasteiger partial charge in [-0.25, -0.2) is 4.79 Å². The van der Waals surface area contributed by atoms with E-state index in [9.17, 15) is 0 Å². The van der Waals surface area contributed by atoms with E-state index in [1.165, 1.54) is 0 Å². The van der Waals surface area contributed by atoms with Crippen LogP contribution in [-0.2, 0) is 4.74 Å². The molecule has 0 bridgehead atoms. The van der Waals surface area contributed by atoms with Crippen LogP contribution in [0.2, 0.25) is 0 Å². The fraction of sp³-hybridized carbons (Fsp3) is 0.400. The highest BCUT2D eigenvalue weighted by molar-refractivity contribution is 8.01. The molecule has 0 saturated carbocycles. The highest BCUT2D eigenvalue weighted by atomic mass is 32.2. The molecule has 0 saturated heterocycles. The third-order valence-electron chi connectivity index (χ3n) is 0.341. The number of carboxylic acid groups (broad SMARTS) is 1. The molecule has 0 spiro atoms. The minimum Gasteiger partial charge on any atom is -0.450 e. The van der Waals surface area contributed by atoms with Crippen molar-refractivity contribution in [2.75, 3.05) is 13.4 Å². The third-order valence-corrected chi connectivity index (χ3v) is 0.675. The zero-order valence-corrected chi connectivity index (χ0v) is 6.27. The molecule has 0 heterocycles. The molecule has 4 heteroatoms. The van der Waals surface area contributed by atoms with Crippen molar-refractivity contribution in [3.63, 3.8) is 0 Å². The van der Waals surface area contributed by atoms with E-state index in [0.717, 1.165) is 7.11 Å². The topological polar surface area (TPSA) is 46.5 Å². The average Bonchev–Trinajstić information content (AvgIpc) is 1.89. The van der Waals surface area contributed by atoms with Crippen LogP contribution in [0.1, 0.15) is 0 Å². The Morgan fingerprint density at radius 2 is 2.11 bits per heavy atom. The normalized spacial score (nSPS) is 6.44. The van der Waals surface area contributed by atoms with Gasteiger partial charge < -0.3 is 9.84 Å². The maximum Gasteiger partial charge on any atom is 0.505 e. The number of ether oxygens (including phenoxy) is 1. The van der Waals surface area contributed by atoms with Gasteiger partial charge in [0.05, 0.1) is 7.11 Å². The van der Waals surface area contributed by atoms with Gasteiger partial charge in [0.1, 0.15) is 0 Å². The van der Waals surface area contributed by atoms with Crippen molar-refractivity contribution in [2.24, 2.45) is 0 Å². The molecule has 0 aliphatic rings. The fourth-order valence-electron chi connectivity index (χ4n) is 0. The molecule has 0 aliphatic carbocycles. The minimum atomic E-state index is -1.25. The average molecular weight is 150 g/mol. The lowest BCUT2D eigenvalue weighted by Crippen LogP contribution is -1.91. The molecule has 54 valence electrons. The summed E-state index contributed by atoms with van der Waals surface area (Å²) in [6.45, 7) is 3.44. The molecular weight excluding hydrogens is 140 g/mol. The van der Waals surface area contributed by atoms with Gasteiger partial charge in [0.15, 0.2) is 0 Å². The van der Waals surface area contributed by atoms with Crippen LogP contribution in [0.5, 0.6) is 0 Å². The van der Waals surface area contributed by atoms with Gasteiger partial charge in [0, 0.05) is 0 Å². The summed E-state index contributed by atoms with van der Waals surface area (Å²) in [5.74, 6) is 0. The summed E-state index contributed by atoms with van der Waals surface area (Å²) in [7, 11) is 1.10. The van der Waals surface area contributed by atoms with Crippen LogP contribution in [0.4, 0.5) is 4.79 Å². The Labute approximate surface area is 58.7 Å². The van der Waals surface area contributed by atoms with Crippen LogP contribution in [0.25, 0.3) is 0 Å². The van der Waals surface area contributed by atoms with Crippen LogP contribution >= 0.6 is 11.8 Å². The van der Waals surface area contributed by atoms with Crippen molar-refractivity contribution in [1.29, 1.82) is 0 Å². The van der Waals surface area contributed by atoms with Gasteiger partial charge in [-0.1, -0.05) is 6.58 Å². The number of carbonyl (C=O) groups is 1. The number of methoxy groups -OCH3 is 1. The Hall–Kier alpha value is -0.640. The second kappa shape index (κ2) is 10.4. The maximum atomic E-state index is 9.15. The summed E-state index contributed by atoms with van der Waals surface area (Å²) < 4.78 is 3.67. The molecule has 9 heavy (non-hydrogen) atoms. The monoisotopic (exact) mass is 150 g/mol. The molecule has 0 aromatic heterocycles. The lowest BCUT2D eigenvalue weighted by Gasteiger charge is -1.79. The molecule has 0 rings (SSSR count). The molecule has 3 nitrogen and oxygen atoms in total. The van der Waals surface area contributed by atoms with E-state index in [1.807, 2.05) is 6.26 Å². The SMILES string of the molecule is C=CSC.COC(=O)O. The van der Waals surface area contributed by atoms with E-state index in [2.05, 4.69) is 11.3 Å². The van der Waals surface area contributed by atoms with Crippen LogP contribution in [-0.4, -0.2) is 24.6 Å². The first kappa shape index (κ1) is 11.2. The van der Waals surface area contributed by atoms with Gasteiger partial charge in [-0.2, -0.15) is 0 Å². The highest BCUT2D eigenvalue weighted by Gasteiger charge is 1.80. The van der Waals surface area contributed by atoms with Gasteiger partial charge in [0.25, 0.3) is 0 Å². The van der Waals surface area contributed by atoms with Gasteiger partial charge in [0.2, 0.25) is 0 Å². The first-order valence-electron chi connectivity index (χ1n) is 2.09. The van der Waals surface area contributed by atoms with E-state index in [0.29, 0.717) is 0 Å². The minimum absolute atomic E-state index is 1.10. The zero-order valence-electron chi connectivity index (χ0n) is 5.46. The van der Waals surface area contributed by atoms with Crippen molar-refractivity contribution in [2.45, 2.75) is 0 Å². The standard InChI is InChI=1S/C3H6S.C2H4O3/c1-3-4-2;1-5-2(3)4/h3H,1H2,2H3;1H3,(H,3,4). The second-order valence-electron chi connectivity index (χ2n) is 0.872. The van der Waals surface area contributed by atoms with E-state index >= 15 is 0 Å². The molecule has 0 amide bonds. The first-order chi connectivity index (χ1) is 4.18. The van der Waals surface area contributed by atoms with Crippen LogP contribution in [0, 0.1) is 0 Å². The van der Waals surface area contributed by atoms with Crippen molar-refractivity contribution >= 4 is 17.9 Å². The molecule has 0 unspecified atom stereocenters. The number of rotatable bonds is 1. The van der Waals surface area contributed by atoms with E-state index in [4.69, 9.17) is 9.90 Å². The molecule has 0 radical (unpaired) electrons. The van der Waals surface area contributed by atoms with Crippen molar-refractivity contribution in [3.8, 4) is 0 Å². The van der Waals surface area contributed by atoms with Crippen LogP contribution in [0.3, 0.4) is 0 Å². The summed E-state index contributed by atoms with van der Waals surface area (Å²) in [4.78, 5) is 9.15. The smallest absolute Gasteiger partial charge is 0.450 e. The largest absolute Gasteiger partial charge is 0.505 e.